The Kier molecular flexibility index (Phi) is 3.59. The molecule has 2 aromatic carbocycles. The van der Waals surface area contributed by atoms with Crippen LogP contribution in [0.2, 0.25) is 0 Å². The highest BCUT2D eigenvalue weighted by Gasteiger charge is 2.07. The van der Waals surface area contributed by atoms with Gasteiger partial charge in [0.2, 0.25) is 0 Å². The number of anilines is 1. The van der Waals surface area contributed by atoms with Crippen molar-refractivity contribution < 1.29 is 0 Å². The summed E-state index contributed by atoms with van der Waals surface area (Å²) < 4.78 is 0. The lowest BCUT2D eigenvalue weighted by Crippen LogP contribution is -2.03. The Hall–Kier alpha value is -2.78. The number of rotatable bonds is 3. The van der Waals surface area contributed by atoms with Crippen molar-refractivity contribution in [1.29, 1.82) is 10.5 Å². The minimum absolute atomic E-state index is 0.491. The van der Waals surface area contributed by atoms with Gasteiger partial charge in [-0.25, -0.2) is 0 Å². The van der Waals surface area contributed by atoms with Crippen LogP contribution in [0.1, 0.15) is 16.7 Å². The first-order chi connectivity index (χ1) is 8.85. The van der Waals surface area contributed by atoms with Crippen molar-refractivity contribution in [3.8, 4) is 12.1 Å². The first kappa shape index (κ1) is 11.7. The molecule has 2 aromatic rings. The van der Waals surface area contributed by atoms with Gasteiger partial charge in [0, 0.05) is 6.54 Å². The van der Waals surface area contributed by atoms with Crippen molar-refractivity contribution in [3.05, 3.63) is 65.2 Å². The van der Waals surface area contributed by atoms with E-state index in [2.05, 4.69) is 17.5 Å². The van der Waals surface area contributed by atoms with Crippen LogP contribution >= 0.6 is 0 Å². The number of hydrogen-bond acceptors (Lipinski definition) is 3. The van der Waals surface area contributed by atoms with Gasteiger partial charge < -0.3 is 5.32 Å². The lowest BCUT2D eigenvalue weighted by Gasteiger charge is -2.09. The maximum atomic E-state index is 9.04. The molecule has 0 aliphatic heterocycles. The third-order valence-electron chi connectivity index (χ3n) is 2.62. The van der Waals surface area contributed by atoms with E-state index in [0.29, 0.717) is 23.4 Å². The standard InChI is InChI=1S/C15H11N3/c16-9-13-7-4-8-14(10-17)15(13)18-11-12-5-2-1-3-6-12/h1-8,18H,11H2. The van der Waals surface area contributed by atoms with Crippen LogP contribution in [-0.2, 0) is 6.54 Å². The van der Waals surface area contributed by atoms with E-state index < -0.39 is 0 Å². The number of para-hydroxylation sites is 1. The summed E-state index contributed by atoms with van der Waals surface area (Å²) in [6, 6.07) is 19.2. The molecule has 0 saturated heterocycles. The Bertz CT molecular complexity index is 586. The third-order valence-corrected chi connectivity index (χ3v) is 2.62. The maximum absolute atomic E-state index is 9.04. The zero-order valence-electron chi connectivity index (χ0n) is 9.72. The summed E-state index contributed by atoms with van der Waals surface area (Å²) in [4.78, 5) is 0. The van der Waals surface area contributed by atoms with E-state index in [1.54, 1.807) is 18.2 Å². The number of hydrogen-bond donors (Lipinski definition) is 1. The van der Waals surface area contributed by atoms with E-state index >= 15 is 0 Å². The Morgan fingerprint density at radius 2 is 1.44 bits per heavy atom. The molecule has 0 heterocycles. The van der Waals surface area contributed by atoms with Crippen LogP contribution in [0, 0.1) is 22.7 Å². The summed E-state index contributed by atoms with van der Waals surface area (Å²) in [5, 5.41) is 21.2. The average Bonchev–Trinajstić information content (AvgIpc) is 2.45. The van der Waals surface area contributed by atoms with Crippen molar-refractivity contribution in [1.82, 2.24) is 0 Å². The molecule has 0 amide bonds. The van der Waals surface area contributed by atoms with Gasteiger partial charge in [-0.2, -0.15) is 10.5 Å². The molecule has 0 atom stereocenters. The largest absolute Gasteiger partial charge is 0.379 e. The molecule has 0 unspecified atom stereocenters. The Morgan fingerprint density at radius 3 is 2.00 bits per heavy atom. The van der Waals surface area contributed by atoms with Crippen LogP contribution in [0.3, 0.4) is 0 Å². The van der Waals surface area contributed by atoms with Crippen molar-refractivity contribution in [2.24, 2.45) is 0 Å². The fourth-order valence-electron chi connectivity index (χ4n) is 1.72. The first-order valence-corrected chi connectivity index (χ1v) is 5.56. The molecule has 0 aliphatic rings. The average molecular weight is 233 g/mol. The Labute approximate surface area is 106 Å². The molecule has 0 fully saturated rings. The smallest absolute Gasteiger partial charge is 0.101 e. The molecule has 0 radical (unpaired) electrons. The van der Waals surface area contributed by atoms with Crippen LogP contribution in [0.15, 0.2) is 48.5 Å². The summed E-state index contributed by atoms with van der Waals surface area (Å²) in [5.41, 5.74) is 2.69. The van der Waals surface area contributed by atoms with Gasteiger partial charge in [-0.05, 0) is 17.7 Å². The van der Waals surface area contributed by atoms with Crippen LogP contribution in [0.4, 0.5) is 5.69 Å². The number of nitriles is 2. The van der Waals surface area contributed by atoms with Crippen molar-refractivity contribution in [3.63, 3.8) is 0 Å². The van der Waals surface area contributed by atoms with Crippen LogP contribution < -0.4 is 5.32 Å². The topological polar surface area (TPSA) is 59.6 Å². The second-order valence-electron chi connectivity index (χ2n) is 3.79. The molecule has 0 bridgehead atoms. The molecule has 0 aromatic heterocycles. The Morgan fingerprint density at radius 1 is 0.833 bits per heavy atom. The molecule has 1 N–H and O–H groups in total. The summed E-state index contributed by atoms with van der Waals surface area (Å²) in [5.74, 6) is 0. The highest BCUT2D eigenvalue weighted by molar-refractivity contribution is 5.66. The number of benzene rings is 2. The fourth-order valence-corrected chi connectivity index (χ4v) is 1.72. The molecule has 0 spiro atoms. The van der Waals surface area contributed by atoms with E-state index in [1.165, 1.54) is 0 Å². The van der Waals surface area contributed by atoms with E-state index in [9.17, 15) is 0 Å². The van der Waals surface area contributed by atoms with Crippen LogP contribution in [0.25, 0.3) is 0 Å². The second kappa shape index (κ2) is 5.52. The molecular formula is C15H11N3. The van der Waals surface area contributed by atoms with Gasteiger partial charge in [-0.3, -0.25) is 0 Å². The van der Waals surface area contributed by atoms with Gasteiger partial charge in [0.05, 0.1) is 16.8 Å². The predicted octanol–water partition coefficient (Wildman–Crippen LogP) is 3.04. The predicted molar refractivity (Wildman–Crippen MR) is 69.6 cm³/mol. The molecule has 0 saturated carbocycles. The van der Waals surface area contributed by atoms with Crippen molar-refractivity contribution >= 4 is 5.69 Å². The highest BCUT2D eigenvalue weighted by atomic mass is 14.9. The minimum atomic E-state index is 0.491. The van der Waals surface area contributed by atoms with Gasteiger partial charge in [-0.15, -0.1) is 0 Å². The van der Waals surface area contributed by atoms with E-state index in [-0.39, 0.29) is 0 Å². The van der Waals surface area contributed by atoms with Crippen LogP contribution in [-0.4, -0.2) is 0 Å². The monoisotopic (exact) mass is 233 g/mol. The highest BCUT2D eigenvalue weighted by Crippen LogP contribution is 2.20. The van der Waals surface area contributed by atoms with Crippen molar-refractivity contribution in [2.45, 2.75) is 6.54 Å². The molecule has 2 rings (SSSR count). The molecule has 3 nitrogen and oxygen atoms in total. The second-order valence-corrected chi connectivity index (χ2v) is 3.79. The van der Waals surface area contributed by atoms with E-state index in [0.717, 1.165) is 5.56 Å². The first-order valence-electron chi connectivity index (χ1n) is 5.56. The summed E-state index contributed by atoms with van der Waals surface area (Å²) in [6.45, 7) is 0.591. The normalized spacial score (nSPS) is 9.22. The van der Waals surface area contributed by atoms with E-state index in [4.69, 9.17) is 10.5 Å². The fraction of sp³-hybridized carbons (Fsp3) is 0.0667. The minimum Gasteiger partial charge on any atom is -0.379 e. The number of nitrogens with zero attached hydrogens (tertiary/aromatic N) is 2. The summed E-state index contributed by atoms with van der Waals surface area (Å²) in [6.07, 6.45) is 0. The summed E-state index contributed by atoms with van der Waals surface area (Å²) in [7, 11) is 0. The molecule has 3 heteroatoms. The Balaban J connectivity index is 2.25. The maximum Gasteiger partial charge on any atom is 0.101 e. The molecule has 0 aliphatic carbocycles. The van der Waals surface area contributed by atoms with Gasteiger partial charge >= 0.3 is 0 Å². The number of nitrogens with one attached hydrogen (secondary N) is 1. The third kappa shape index (κ3) is 2.48. The summed E-state index contributed by atoms with van der Waals surface area (Å²) >= 11 is 0. The zero-order chi connectivity index (χ0) is 12.8. The quantitative estimate of drug-likeness (QED) is 0.886. The molecule has 18 heavy (non-hydrogen) atoms. The van der Waals surface area contributed by atoms with Gasteiger partial charge in [0.1, 0.15) is 12.1 Å². The lowest BCUT2D eigenvalue weighted by atomic mass is 10.1. The molecule has 86 valence electrons. The molecular weight excluding hydrogens is 222 g/mol. The van der Waals surface area contributed by atoms with Gasteiger partial charge in [0.15, 0.2) is 0 Å². The van der Waals surface area contributed by atoms with Gasteiger partial charge in [-0.1, -0.05) is 36.4 Å². The van der Waals surface area contributed by atoms with Crippen LogP contribution in [0.5, 0.6) is 0 Å². The van der Waals surface area contributed by atoms with Gasteiger partial charge in [0.25, 0.3) is 0 Å². The van der Waals surface area contributed by atoms with E-state index in [1.807, 2.05) is 30.3 Å². The zero-order valence-corrected chi connectivity index (χ0v) is 9.72. The lowest BCUT2D eigenvalue weighted by molar-refractivity contribution is 1.14. The van der Waals surface area contributed by atoms with Crippen molar-refractivity contribution in [2.75, 3.05) is 5.32 Å². The SMILES string of the molecule is N#Cc1cccc(C#N)c1NCc1ccccc1.